The summed E-state index contributed by atoms with van der Waals surface area (Å²) in [5.41, 5.74) is 2.45. The number of carbonyl (C=O) groups is 1. The van der Waals surface area contributed by atoms with E-state index in [1.807, 2.05) is 49.5 Å². The van der Waals surface area contributed by atoms with Crippen LogP contribution in [0.2, 0.25) is 5.02 Å². The summed E-state index contributed by atoms with van der Waals surface area (Å²) in [6.45, 7) is 8.87. The van der Waals surface area contributed by atoms with E-state index in [1.54, 1.807) is 11.8 Å². The maximum Gasteiger partial charge on any atom is 0.143 e. The first-order valence-corrected chi connectivity index (χ1v) is 11.0. The Balaban J connectivity index is 2.20. The van der Waals surface area contributed by atoms with Gasteiger partial charge in [-0.05, 0) is 76.1 Å². The predicted octanol–water partition coefficient (Wildman–Crippen LogP) is 5.37. The van der Waals surface area contributed by atoms with Gasteiger partial charge in [-0.3, -0.25) is 10.2 Å². The van der Waals surface area contributed by atoms with Crippen LogP contribution in [0.3, 0.4) is 0 Å². The Morgan fingerprint density at radius 2 is 1.86 bits per heavy atom. The fourth-order valence-electron chi connectivity index (χ4n) is 3.97. The zero-order valence-corrected chi connectivity index (χ0v) is 19.7. The van der Waals surface area contributed by atoms with Gasteiger partial charge < -0.3 is 10.2 Å². The van der Waals surface area contributed by atoms with Crippen LogP contribution in [0.1, 0.15) is 51.7 Å². The Kier molecular flexibility index (Phi) is 7.77. The van der Waals surface area contributed by atoms with Crippen molar-refractivity contribution < 1.29 is 4.79 Å². The molecule has 0 spiro atoms. The molecule has 1 heterocycles. The molecule has 1 aromatic rings. The Morgan fingerprint density at radius 3 is 2.38 bits per heavy atom. The minimum absolute atomic E-state index is 0.0423. The van der Waals surface area contributed by atoms with Gasteiger partial charge in [-0.25, -0.2) is 0 Å². The van der Waals surface area contributed by atoms with Crippen LogP contribution in [-0.4, -0.2) is 46.7 Å². The Labute approximate surface area is 184 Å². The van der Waals surface area contributed by atoms with Gasteiger partial charge >= 0.3 is 0 Å². The fourth-order valence-corrected chi connectivity index (χ4v) is 5.94. The second kappa shape index (κ2) is 9.50. The number of thioether (sulfide) groups is 1. The van der Waals surface area contributed by atoms with Crippen molar-refractivity contribution in [2.45, 2.75) is 56.9 Å². The highest BCUT2D eigenvalue weighted by Gasteiger charge is 2.38. The molecule has 0 saturated carbocycles. The van der Waals surface area contributed by atoms with E-state index in [-0.39, 0.29) is 11.1 Å². The number of halogens is 1. The topological polar surface area (TPSA) is 56.2 Å². The van der Waals surface area contributed by atoms with E-state index in [2.05, 4.69) is 33.0 Å². The van der Waals surface area contributed by atoms with Crippen molar-refractivity contribution in [1.29, 1.82) is 5.41 Å². The van der Waals surface area contributed by atoms with Crippen LogP contribution in [0, 0.1) is 5.41 Å². The number of piperidine rings is 1. The third-order valence-corrected chi connectivity index (χ3v) is 6.22. The summed E-state index contributed by atoms with van der Waals surface area (Å²) >= 11 is 8.14. The molecule has 1 aliphatic rings. The first-order valence-electron chi connectivity index (χ1n) is 9.77. The number of nitrogens with zero attached hydrogens (tertiary/aromatic N) is 1. The molecule has 0 bridgehead atoms. The fraction of sp³-hybridized carbons (Fsp3) is 0.478. The van der Waals surface area contributed by atoms with E-state index in [0.29, 0.717) is 15.3 Å². The average molecular weight is 434 g/mol. The average Bonchev–Trinajstić information content (AvgIpc) is 2.55. The maximum absolute atomic E-state index is 11.0. The van der Waals surface area contributed by atoms with Gasteiger partial charge in [0.2, 0.25) is 0 Å². The lowest BCUT2D eigenvalue weighted by molar-refractivity contribution is -0.104. The van der Waals surface area contributed by atoms with Gasteiger partial charge in [0.1, 0.15) is 6.29 Å². The second-order valence-corrected chi connectivity index (χ2v) is 10.8. The van der Waals surface area contributed by atoms with Gasteiger partial charge in [-0.1, -0.05) is 23.7 Å². The molecule has 29 heavy (non-hydrogen) atoms. The van der Waals surface area contributed by atoms with Gasteiger partial charge in [-0.15, -0.1) is 11.8 Å². The molecule has 2 rings (SSSR count). The smallest absolute Gasteiger partial charge is 0.143 e. The van der Waals surface area contributed by atoms with Crippen LogP contribution in [0.5, 0.6) is 0 Å². The second-order valence-electron chi connectivity index (χ2n) is 9.10. The van der Waals surface area contributed by atoms with Crippen LogP contribution in [-0.2, 0) is 4.79 Å². The van der Waals surface area contributed by atoms with E-state index in [9.17, 15) is 4.79 Å². The number of benzene rings is 1. The third-order valence-electron chi connectivity index (χ3n) is 4.78. The molecule has 1 fully saturated rings. The van der Waals surface area contributed by atoms with Crippen molar-refractivity contribution in [2.75, 3.05) is 14.1 Å². The van der Waals surface area contributed by atoms with Crippen molar-refractivity contribution in [1.82, 2.24) is 10.2 Å². The molecule has 0 radical (unpaired) electrons. The molecule has 0 aliphatic carbocycles. The Morgan fingerprint density at radius 1 is 1.24 bits per heavy atom. The lowest BCUT2D eigenvalue weighted by Gasteiger charge is -2.46. The molecule has 6 heteroatoms. The summed E-state index contributed by atoms with van der Waals surface area (Å²) in [5, 5.41) is 13.7. The van der Waals surface area contributed by atoms with Crippen molar-refractivity contribution in [3.8, 4) is 0 Å². The number of nitrogens with one attached hydrogen (secondary N) is 2. The lowest BCUT2D eigenvalue weighted by atomic mass is 9.82. The van der Waals surface area contributed by atoms with Gasteiger partial charge in [0.15, 0.2) is 0 Å². The number of allylic oxidation sites excluding steroid dienone is 3. The zero-order valence-electron chi connectivity index (χ0n) is 18.2. The van der Waals surface area contributed by atoms with Gasteiger partial charge in [0.05, 0.1) is 10.1 Å². The summed E-state index contributed by atoms with van der Waals surface area (Å²) < 4.78 is 0. The zero-order chi connectivity index (χ0) is 21.8. The van der Waals surface area contributed by atoms with Crippen LogP contribution < -0.4 is 5.32 Å². The molecule has 4 nitrogen and oxygen atoms in total. The van der Waals surface area contributed by atoms with Crippen LogP contribution >= 0.6 is 23.4 Å². The van der Waals surface area contributed by atoms with Crippen LogP contribution in [0.25, 0.3) is 5.57 Å². The third kappa shape index (κ3) is 7.02. The number of hydrogen-bond acceptors (Lipinski definition) is 5. The summed E-state index contributed by atoms with van der Waals surface area (Å²) in [6.07, 6.45) is 8.05. The molecule has 1 saturated heterocycles. The Hall–Kier alpha value is -1.56. The molecule has 1 aromatic carbocycles. The summed E-state index contributed by atoms with van der Waals surface area (Å²) in [7, 11) is 3.85. The van der Waals surface area contributed by atoms with E-state index in [4.69, 9.17) is 17.0 Å². The van der Waals surface area contributed by atoms with Crippen molar-refractivity contribution in [3.63, 3.8) is 0 Å². The minimum atomic E-state index is 0.0423. The molecule has 0 amide bonds. The summed E-state index contributed by atoms with van der Waals surface area (Å²) in [6, 6.07) is 5.63. The van der Waals surface area contributed by atoms with Crippen LogP contribution in [0.4, 0.5) is 0 Å². The number of aldehydes is 1. The molecule has 0 atom stereocenters. The highest BCUT2D eigenvalue weighted by molar-refractivity contribution is 8.14. The summed E-state index contributed by atoms with van der Waals surface area (Å²) in [5.74, 6) is 0. The number of carbonyl (C=O) groups excluding carboxylic acids is 1. The van der Waals surface area contributed by atoms with Gasteiger partial charge in [0, 0.05) is 36.0 Å². The van der Waals surface area contributed by atoms with Crippen molar-refractivity contribution in [3.05, 3.63) is 52.7 Å². The molecule has 158 valence electrons. The van der Waals surface area contributed by atoms with Gasteiger partial charge in [0.25, 0.3) is 0 Å². The highest BCUT2D eigenvalue weighted by Crippen LogP contribution is 2.37. The standard InChI is InChI=1S/C23H32ClN3OS/c1-22(2)14-18(15-23(3,4)26-22)29-21(25)19-8-7-17(13-20(19)24)16(10-12-28)9-11-27(5)6/h7-13,18,25-26H,14-15H2,1-6H3/b11-9-,16-10+,25-21?. The van der Waals surface area contributed by atoms with Crippen molar-refractivity contribution >= 4 is 40.3 Å². The normalized spacial score (nSPS) is 19.3. The number of hydrogen-bond donors (Lipinski definition) is 2. The SMILES string of the molecule is CN(C)/C=C\C(=C/C=O)c1ccc(C(=N)SC2CC(C)(C)NC(C)(C)C2)c(Cl)c1. The first kappa shape index (κ1) is 23.7. The van der Waals surface area contributed by atoms with Crippen LogP contribution in [0.15, 0.2) is 36.6 Å². The Bertz CT molecular complexity index is 811. The monoisotopic (exact) mass is 433 g/mol. The number of rotatable bonds is 6. The minimum Gasteiger partial charge on any atom is -0.383 e. The quantitative estimate of drug-likeness (QED) is 0.208. The predicted molar refractivity (Wildman–Crippen MR) is 127 cm³/mol. The molecule has 2 N–H and O–H groups in total. The molecular formula is C23H32ClN3OS. The van der Waals surface area contributed by atoms with E-state index >= 15 is 0 Å². The lowest BCUT2D eigenvalue weighted by Crippen LogP contribution is -2.58. The molecule has 0 unspecified atom stereocenters. The van der Waals surface area contributed by atoms with Gasteiger partial charge in [-0.2, -0.15) is 0 Å². The largest absolute Gasteiger partial charge is 0.383 e. The summed E-state index contributed by atoms with van der Waals surface area (Å²) in [4.78, 5) is 12.9. The first-order chi connectivity index (χ1) is 13.4. The molecule has 1 aliphatic heterocycles. The van der Waals surface area contributed by atoms with Crippen molar-refractivity contribution in [2.24, 2.45) is 0 Å². The van der Waals surface area contributed by atoms with E-state index in [1.165, 1.54) is 6.08 Å². The van der Waals surface area contributed by atoms with E-state index < -0.39 is 0 Å². The van der Waals surface area contributed by atoms with E-state index in [0.717, 1.165) is 35.8 Å². The molecular weight excluding hydrogens is 402 g/mol. The maximum atomic E-state index is 11.0. The molecule has 0 aromatic heterocycles. The highest BCUT2D eigenvalue weighted by atomic mass is 35.5.